The summed E-state index contributed by atoms with van der Waals surface area (Å²) in [4.78, 5) is 2.39. The van der Waals surface area contributed by atoms with Crippen LogP contribution in [0.4, 0.5) is 4.39 Å². The predicted molar refractivity (Wildman–Crippen MR) is 74.2 cm³/mol. The third kappa shape index (κ3) is 3.04. The zero-order chi connectivity index (χ0) is 13.3. The lowest BCUT2D eigenvalue weighted by Crippen LogP contribution is -2.28. The van der Waals surface area contributed by atoms with Crippen molar-refractivity contribution in [2.75, 3.05) is 13.1 Å². The van der Waals surface area contributed by atoms with E-state index in [1.807, 2.05) is 6.07 Å². The van der Waals surface area contributed by atoms with Crippen LogP contribution in [0.3, 0.4) is 0 Å². The summed E-state index contributed by atoms with van der Waals surface area (Å²) in [6.45, 7) is 9.86. The highest BCUT2D eigenvalue weighted by Crippen LogP contribution is 2.37. The molecule has 0 unspecified atom stereocenters. The van der Waals surface area contributed by atoms with Crippen molar-refractivity contribution in [2.24, 2.45) is 11.3 Å². The van der Waals surface area contributed by atoms with Gasteiger partial charge in [-0.1, -0.05) is 32.4 Å². The Bertz CT molecular complexity index is 412. The second-order valence-corrected chi connectivity index (χ2v) is 6.48. The number of nitrogens with zero attached hydrogens (tertiary/aromatic N) is 1. The number of hydrogen-bond acceptors (Lipinski definition) is 1. The molecule has 100 valence electrons. The highest BCUT2D eigenvalue weighted by atomic mass is 35.5. The highest BCUT2D eigenvalue weighted by molar-refractivity contribution is 6.30. The maximum absolute atomic E-state index is 13.3. The van der Waals surface area contributed by atoms with Crippen molar-refractivity contribution < 1.29 is 4.39 Å². The lowest BCUT2D eigenvalue weighted by molar-refractivity contribution is 0.206. The first kappa shape index (κ1) is 13.8. The molecule has 1 aliphatic rings. The van der Waals surface area contributed by atoms with Gasteiger partial charge >= 0.3 is 0 Å². The normalized spacial score (nSPS) is 25.0. The van der Waals surface area contributed by atoms with E-state index >= 15 is 0 Å². The van der Waals surface area contributed by atoms with Gasteiger partial charge in [0.2, 0.25) is 0 Å². The van der Waals surface area contributed by atoms with Gasteiger partial charge in [-0.25, -0.2) is 4.39 Å². The van der Waals surface area contributed by atoms with Gasteiger partial charge in [0.05, 0.1) is 0 Å². The summed E-state index contributed by atoms with van der Waals surface area (Å²) >= 11 is 5.88. The molecule has 0 N–H and O–H groups in total. The second-order valence-electron chi connectivity index (χ2n) is 6.05. The van der Waals surface area contributed by atoms with Crippen molar-refractivity contribution in [3.8, 4) is 0 Å². The molecule has 0 aromatic heterocycles. The minimum atomic E-state index is -0.247. The molecule has 1 atom stereocenters. The van der Waals surface area contributed by atoms with Crippen molar-refractivity contribution in [3.63, 3.8) is 0 Å². The van der Waals surface area contributed by atoms with E-state index in [0.717, 1.165) is 25.2 Å². The first-order valence-electron chi connectivity index (χ1n) is 6.56. The van der Waals surface area contributed by atoms with Crippen molar-refractivity contribution in [1.82, 2.24) is 4.90 Å². The van der Waals surface area contributed by atoms with Gasteiger partial charge in [0.15, 0.2) is 0 Å². The molecule has 0 bridgehead atoms. The maximum Gasteiger partial charge on any atom is 0.125 e. The van der Waals surface area contributed by atoms with Crippen LogP contribution in [0.25, 0.3) is 0 Å². The monoisotopic (exact) mass is 269 g/mol. The first-order valence-corrected chi connectivity index (χ1v) is 6.94. The molecule has 0 amide bonds. The lowest BCUT2D eigenvalue weighted by atomic mass is 9.78. The predicted octanol–water partition coefficient (Wildman–Crippen LogP) is 4.35. The van der Waals surface area contributed by atoms with Crippen molar-refractivity contribution in [2.45, 2.75) is 33.7 Å². The van der Waals surface area contributed by atoms with Gasteiger partial charge in [0.1, 0.15) is 5.82 Å². The van der Waals surface area contributed by atoms with Crippen LogP contribution < -0.4 is 0 Å². The van der Waals surface area contributed by atoms with Crippen LogP contribution in [-0.2, 0) is 6.54 Å². The van der Waals surface area contributed by atoms with Crippen LogP contribution in [0.2, 0.25) is 5.02 Å². The molecule has 1 fully saturated rings. The Balaban J connectivity index is 2.03. The molecule has 18 heavy (non-hydrogen) atoms. The Morgan fingerprint density at radius 1 is 1.39 bits per heavy atom. The van der Waals surface area contributed by atoms with E-state index in [9.17, 15) is 4.39 Å². The summed E-state index contributed by atoms with van der Waals surface area (Å²) < 4.78 is 13.3. The van der Waals surface area contributed by atoms with Gasteiger partial charge in [-0.05, 0) is 48.1 Å². The Labute approximate surface area is 114 Å². The van der Waals surface area contributed by atoms with Crippen LogP contribution >= 0.6 is 11.6 Å². The largest absolute Gasteiger partial charge is 0.299 e. The van der Waals surface area contributed by atoms with E-state index in [2.05, 4.69) is 25.7 Å². The minimum absolute atomic E-state index is 0.247. The van der Waals surface area contributed by atoms with Crippen LogP contribution in [0.1, 0.15) is 32.8 Å². The van der Waals surface area contributed by atoms with Gasteiger partial charge in [0.25, 0.3) is 0 Å². The average Bonchev–Trinajstić information content (AvgIpc) is 2.60. The van der Waals surface area contributed by atoms with Crippen molar-refractivity contribution >= 4 is 11.6 Å². The van der Waals surface area contributed by atoms with Crippen molar-refractivity contribution in [1.29, 1.82) is 0 Å². The summed E-state index contributed by atoms with van der Waals surface area (Å²) in [7, 11) is 0. The molecular formula is C15H21ClFN. The third-order valence-electron chi connectivity index (χ3n) is 4.31. The molecule has 1 aromatic carbocycles. The third-order valence-corrected chi connectivity index (χ3v) is 4.52. The SMILES string of the molecule is CC(C)[C@@]1(C)CCN(Cc2cc(F)cc(Cl)c2)C1. The number of halogens is 2. The van der Waals surface area contributed by atoms with E-state index in [1.54, 1.807) is 6.07 Å². The van der Waals surface area contributed by atoms with E-state index in [1.165, 1.54) is 12.5 Å². The summed E-state index contributed by atoms with van der Waals surface area (Å²) in [6.07, 6.45) is 1.22. The average molecular weight is 270 g/mol. The Kier molecular flexibility index (Phi) is 3.98. The molecular weight excluding hydrogens is 249 g/mol. The summed E-state index contributed by atoms with van der Waals surface area (Å²) in [5.41, 5.74) is 1.35. The summed E-state index contributed by atoms with van der Waals surface area (Å²) in [6, 6.07) is 4.79. The number of benzene rings is 1. The molecule has 0 saturated carbocycles. The van der Waals surface area contributed by atoms with Crippen molar-refractivity contribution in [3.05, 3.63) is 34.6 Å². The molecule has 1 aliphatic heterocycles. The molecule has 1 saturated heterocycles. The topological polar surface area (TPSA) is 3.24 Å². The Hall–Kier alpha value is -0.600. The smallest absolute Gasteiger partial charge is 0.125 e. The van der Waals surface area contributed by atoms with Gasteiger partial charge in [-0.2, -0.15) is 0 Å². The Morgan fingerprint density at radius 2 is 2.11 bits per heavy atom. The Morgan fingerprint density at radius 3 is 2.67 bits per heavy atom. The van der Waals surface area contributed by atoms with Crippen LogP contribution in [0.5, 0.6) is 0 Å². The zero-order valence-corrected chi connectivity index (χ0v) is 12.1. The molecule has 0 spiro atoms. The minimum Gasteiger partial charge on any atom is -0.299 e. The number of likely N-dealkylation sites (tertiary alicyclic amines) is 1. The van der Waals surface area contributed by atoms with E-state index in [4.69, 9.17) is 11.6 Å². The molecule has 1 nitrogen and oxygen atoms in total. The first-order chi connectivity index (χ1) is 8.39. The summed E-state index contributed by atoms with van der Waals surface area (Å²) in [5, 5.41) is 0.482. The van der Waals surface area contributed by atoms with Gasteiger partial charge in [0, 0.05) is 18.1 Å². The fraction of sp³-hybridized carbons (Fsp3) is 0.600. The number of rotatable bonds is 3. The molecule has 3 heteroatoms. The van der Waals surface area contributed by atoms with Gasteiger partial charge < -0.3 is 0 Å². The molecule has 2 rings (SSSR count). The fourth-order valence-electron chi connectivity index (χ4n) is 2.65. The van der Waals surface area contributed by atoms with E-state index in [0.29, 0.717) is 16.4 Å². The van der Waals surface area contributed by atoms with Gasteiger partial charge in [-0.3, -0.25) is 4.90 Å². The molecule has 0 aliphatic carbocycles. The lowest BCUT2D eigenvalue weighted by Gasteiger charge is -2.29. The molecule has 1 aromatic rings. The van der Waals surface area contributed by atoms with E-state index in [-0.39, 0.29) is 5.82 Å². The molecule has 1 heterocycles. The maximum atomic E-state index is 13.3. The van der Waals surface area contributed by atoms with Crippen LogP contribution in [0.15, 0.2) is 18.2 Å². The number of hydrogen-bond donors (Lipinski definition) is 0. The van der Waals surface area contributed by atoms with Crippen LogP contribution in [0, 0.1) is 17.2 Å². The molecule has 0 radical (unpaired) electrons. The second kappa shape index (κ2) is 5.18. The highest BCUT2D eigenvalue weighted by Gasteiger charge is 2.36. The quantitative estimate of drug-likeness (QED) is 0.789. The zero-order valence-electron chi connectivity index (χ0n) is 11.3. The standard InChI is InChI=1S/C15H21ClFN/c1-11(2)15(3)4-5-18(10-15)9-12-6-13(16)8-14(17)7-12/h6-8,11H,4-5,9-10H2,1-3H3/t15-/m0/s1. The van der Waals surface area contributed by atoms with Gasteiger partial charge in [-0.15, -0.1) is 0 Å². The fourth-order valence-corrected chi connectivity index (χ4v) is 2.89. The summed E-state index contributed by atoms with van der Waals surface area (Å²) in [5.74, 6) is 0.432. The van der Waals surface area contributed by atoms with E-state index < -0.39 is 0 Å². The van der Waals surface area contributed by atoms with Crippen LogP contribution in [-0.4, -0.2) is 18.0 Å².